The number of nitrogens with one attached hydrogen (secondary N) is 2. The predicted octanol–water partition coefficient (Wildman–Crippen LogP) is 3.13. The molecule has 0 heterocycles. The van der Waals surface area contributed by atoms with Gasteiger partial charge in [-0.3, -0.25) is 0 Å². The number of aliphatic hydroxyl groups excluding tert-OH is 1. The topological polar surface area (TPSA) is 96.9 Å². The third kappa shape index (κ3) is 10.3. The lowest BCUT2D eigenvalue weighted by Gasteiger charge is -2.25. The van der Waals surface area contributed by atoms with Crippen molar-refractivity contribution in [2.45, 2.75) is 58.0 Å². The summed E-state index contributed by atoms with van der Waals surface area (Å²) in [5.41, 5.74) is 0.279. The highest BCUT2D eigenvalue weighted by atomic mass is 16.6. The van der Waals surface area contributed by atoms with E-state index in [1.54, 1.807) is 20.8 Å². The number of ether oxygens (including phenoxy) is 2. The van der Waals surface area contributed by atoms with Crippen LogP contribution in [0.4, 0.5) is 9.59 Å². The first-order valence-corrected chi connectivity index (χ1v) is 8.96. The fourth-order valence-electron chi connectivity index (χ4n) is 2.24. The summed E-state index contributed by atoms with van der Waals surface area (Å²) < 4.78 is 10.3. The molecule has 3 N–H and O–H groups in total. The van der Waals surface area contributed by atoms with Crippen LogP contribution in [0.5, 0.6) is 0 Å². The van der Waals surface area contributed by atoms with Crippen LogP contribution >= 0.6 is 0 Å². The van der Waals surface area contributed by atoms with Gasteiger partial charge in [0.05, 0.1) is 12.1 Å². The van der Waals surface area contributed by atoms with Crippen LogP contribution in [0.3, 0.4) is 0 Å². The molecule has 0 aliphatic carbocycles. The van der Waals surface area contributed by atoms with E-state index in [4.69, 9.17) is 9.47 Å². The molecule has 1 aromatic carbocycles. The van der Waals surface area contributed by atoms with Crippen LogP contribution in [0.1, 0.15) is 39.2 Å². The van der Waals surface area contributed by atoms with Gasteiger partial charge in [0, 0.05) is 6.54 Å². The van der Waals surface area contributed by atoms with Gasteiger partial charge < -0.3 is 25.2 Å². The van der Waals surface area contributed by atoms with Gasteiger partial charge in [0.1, 0.15) is 12.2 Å². The molecular formula is C20H30N2O5. The molecule has 0 fully saturated rings. The third-order valence-electron chi connectivity index (χ3n) is 3.53. The van der Waals surface area contributed by atoms with Gasteiger partial charge in [-0.05, 0) is 39.2 Å². The SMILES string of the molecule is C=C[C@H](O)[C@H](CCCNC(=O)OCc1ccccc1)NC(=O)OC(C)(C)C. The molecule has 0 aromatic heterocycles. The lowest BCUT2D eigenvalue weighted by molar-refractivity contribution is 0.0448. The molecule has 7 nitrogen and oxygen atoms in total. The highest BCUT2D eigenvalue weighted by molar-refractivity contribution is 5.68. The smallest absolute Gasteiger partial charge is 0.407 e. The highest BCUT2D eigenvalue weighted by Crippen LogP contribution is 2.09. The zero-order valence-electron chi connectivity index (χ0n) is 16.2. The molecule has 2 atom stereocenters. The van der Waals surface area contributed by atoms with Crippen molar-refractivity contribution in [3.05, 3.63) is 48.6 Å². The Morgan fingerprint density at radius 3 is 2.48 bits per heavy atom. The summed E-state index contributed by atoms with van der Waals surface area (Å²) in [4.78, 5) is 23.6. The maximum absolute atomic E-state index is 11.9. The first-order valence-electron chi connectivity index (χ1n) is 8.96. The second-order valence-corrected chi connectivity index (χ2v) is 7.11. The van der Waals surface area contributed by atoms with Gasteiger partial charge in [-0.1, -0.05) is 36.4 Å². The van der Waals surface area contributed by atoms with Crippen LogP contribution in [-0.2, 0) is 16.1 Å². The number of benzene rings is 1. The van der Waals surface area contributed by atoms with E-state index < -0.39 is 29.9 Å². The molecule has 2 amide bonds. The Kier molecular flexibility index (Phi) is 9.36. The van der Waals surface area contributed by atoms with Crippen LogP contribution < -0.4 is 10.6 Å². The molecule has 1 rings (SSSR count). The van der Waals surface area contributed by atoms with Gasteiger partial charge in [-0.2, -0.15) is 0 Å². The number of carbonyl (C=O) groups excluding carboxylic acids is 2. The number of aliphatic hydroxyl groups is 1. The average Bonchev–Trinajstić information content (AvgIpc) is 2.61. The Morgan fingerprint density at radius 1 is 1.22 bits per heavy atom. The lowest BCUT2D eigenvalue weighted by atomic mass is 10.1. The molecule has 0 radical (unpaired) electrons. The van der Waals surface area contributed by atoms with Gasteiger partial charge in [-0.25, -0.2) is 9.59 Å². The highest BCUT2D eigenvalue weighted by Gasteiger charge is 2.22. The van der Waals surface area contributed by atoms with Gasteiger partial charge in [0.15, 0.2) is 0 Å². The number of carbonyl (C=O) groups is 2. The summed E-state index contributed by atoms with van der Waals surface area (Å²) >= 11 is 0. The van der Waals surface area contributed by atoms with E-state index in [0.717, 1.165) is 5.56 Å². The molecule has 0 aliphatic rings. The van der Waals surface area contributed by atoms with Crippen molar-refractivity contribution in [1.82, 2.24) is 10.6 Å². The predicted molar refractivity (Wildman–Crippen MR) is 103 cm³/mol. The average molecular weight is 378 g/mol. The Morgan fingerprint density at radius 2 is 1.89 bits per heavy atom. The molecule has 0 unspecified atom stereocenters. The maximum Gasteiger partial charge on any atom is 0.407 e. The van der Waals surface area contributed by atoms with Crippen molar-refractivity contribution >= 4 is 12.2 Å². The van der Waals surface area contributed by atoms with Crippen molar-refractivity contribution in [1.29, 1.82) is 0 Å². The second-order valence-electron chi connectivity index (χ2n) is 7.11. The van der Waals surface area contributed by atoms with Crippen molar-refractivity contribution in [3.8, 4) is 0 Å². The Labute approximate surface area is 160 Å². The van der Waals surface area contributed by atoms with Gasteiger partial charge in [0.25, 0.3) is 0 Å². The maximum atomic E-state index is 11.9. The quantitative estimate of drug-likeness (QED) is 0.453. The third-order valence-corrected chi connectivity index (χ3v) is 3.53. The van der Waals surface area contributed by atoms with E-state index in [9.17, 15) is 14.7 Å². The van der Waals surface area contributed by atoms with Gasteiger partial charge in [-0.15, -0.1) is 6.58 Å². The fraction of sp³-hybridized carbons (Fsp3) is 0.500. The number of hydrogen-bond acceptors (Lipinski definition) is 5. The van der Waals surface area contributed by atoms with Crippen molar-refractivity contribution in [3.63, 3.8) is 0 Å². The summed E-state index contributed by atoms with van der Waals surface area (Å²) in [7, 11) is 0. The van der Waals surface area contributed by atoms with Crippen molar-refractivity contribution in [2.24, 2.45) is 0 Å². The van der Waals surface area contributed by atoms with E-state index in [1.807, 2.05) is 30.3 Å². The summed E-state index contributed by atoms with van der Waals surface area (Å²) in [6.07, 6.45) is 0.284. The standard InChI is InChI=1S/C20H30N2O5/c1-5-17(23)16(22-19(25)27-20(2,3)4)12-9-13-21-18(24)26-14-15-10-7-6-8-11-15/h5-8,10-11,16-17,23H,1,9,12-14H2,2-4H3,(H,21,24)(H,22,25)/t16-,17-/m0/s1. The van der Waals surface area contributed by atoms with Crippen LogP contribution in [-0.4, -0.2) is 41.6 Å². The first-order chi connectivity index (χ1) is 12.7. The summed E-state index contributed by atoms with van der Waals surface area (Å²) in [5, 5.41) is 15.3. The van der Waals surface area contributed by atoms with E-state index in [0.29, 0.717) is 19.4 Å². The van der Waals surface area contributed by atoms with E-state index in [-0.39, 0.29) is 6.61 Å². The summed E-state index contributed by atoms with van der Waals surface area (Å²) in [6.45, 7) is 9.37. The molecule has 0 aliphatic heterocycles. The molecule has 0 saturated carbocycles. The van der Waals surface area contributed by atoms with Crippen molar-refractivity contribution < 1.29 is 24.2 Å². The van der Waals surface area contributed by atoms with Crippen molar-refractivity contribution in [2.75, 3.05) is 6.54 Å². The van der Waals surface area contributed by atoms with Gasteiger partial charge >= 0.3 is 12.2 Å². The van der Waals surface area contributed by atoms with Crippen LogP contribution in [0, 0.1) is 0 Å². The van der Waals surface area contributed by atoms with Gasteiger partial charge in [0.2, 0.25) is 0 Å². The zero-order valence-corrected chi connectivity index (χ0v) is 16.2. The zero-order chi connectivity index (χ0) is 20.3. The molecule has 1 aromatic rings. The number of hydrogen-bond donors (Lipinski definition) is 3. The lowest BCUT2D eigenvalue weighted by Crippen LogP contribution is -2.45. The molecule has 7 heteroatoms. The Balaban J connectivity index is 2.33. The minimum absolute atomic E-state index is 0.199. The molecule has 0 bridgehead atoms. The van der Waals surface area contributed by atoms with Crippen LogP contribution in [0.25, 0.3) is 0 Å². The summed E-state index contributed by atoms with van der Waals surface area (Å²) in [5.74, 6) is 0. The Bertz CT molecular complexity index is 598. The van der Waals surface area contributed by atoms with Crippen LogP contribution in [0.15, 0.2) is 43.0 Å². The molecule has 0 spiro atoms. The Hall–Kier alpha value is -2.54. The van der Waals surface area contributed by atoms with E-state index in [1.165, 1.54) is 6.08 Å². The first kappa shape index (κ1) is 22.5. The molecule has 0 saturated heterocycles. The molecule has 150 valence electrons. The molecule has 27 heavy (non-hydrogen) atoms. The number of rotatable bonds is 9. The fourth-order valence-corrected chi connectivity index (χ4v) is 2.24. The van der Waals surface area contributed by atoms with Crippen LogP contribution in [0.2, 0.25) is 0 Å². The normalized spacial score (nSPS) is 13.2. The van der Waals surface area contributed by atoms with E-state index in [2.05, 4.69) is 17.2 Å². The largest absolute Gasteiger partial charge is 0.445 e. The monoisotopic (exact) mass is 378 g/mol. The number of amides is 2. The molecular weight excluding hydrogens is 348 g/mol. The number of alkyl carbamates (subject to hydrolysis) is 2. The second kappa shape index (κ2) is 11.2. The minimum Gasteiger partial charge on any atom is -0.445 e. The summed E-state index contributed by atoms with van der Waals surface area (Å²) in [6, 6.07) is 8.83. The van der Waals surface area contributed by atoms with E-state index >= 15 is 0 Å². The minimum atomic E-state index is -0.914.